The van der Waals surface area contributed by atoms with Crippen molar-refractivity contribution >= 4 is 33.8 Å². The predicted molar refractivity (Wildman–Crippen MR) is 122 cm³/mol. The molecule has 0 saturated carbocycles. The van der Waals surface area contributed by atoms with E-state index in [2.05, 4.69) is 10.5 Å². The van der Waals surface area contributed by atoms with Crippen molar-refractivity contribution in [2.45, 2.75) is 26.4 Å². The number of nitrogens with one attached hydrogen (secondary N) is 1. The number of esters is 1. The summed E-state index contributed by atoms with van der Waals surface area (Å²) in [4.78, 5) is 23.8. The minimum absolute atomic E-state index is 0.153. The number of rotatable bonds is 9. The maximum atomic E-state index is 13.1. The molecule has 0 unspecified atom stereocenters. The predicted octanol–water partition coefficient (Wildman–Crippen LogP) is 2.46. The van der Waals surface area contributed by atoms with Gasteiger partial charge in [0.25, 0.3) is 5.91 Å². The van der Waals surface area contributed by atoms with Crippen molar-refractivity contribution in [1.29, 1.82) is 0 Å². The number of hydrogen-bond acceptors (Lipinski definition) is 7. The lowest BCUT2D eigenvalue weighted by Crippen LogP contribution is -2.39. The first-order chi connectivity index (χ1) is 15.3. The molecule has 11 heteroatoms. The van der Waals surface area contributed by atoms with Crippen molar-refractivity contribution in [2.24, 2.45) is 5.10 Å². The fourth-order valence-corrected chi connectivity index (χ4v) is 3.37. The molecule has 2 aromatic rings. The molecule has 0 radical (unpaired) electrons. The Morgan fingerprint density at radius 1 is 1.09 bits per heavy atom. The summed E-state index contributed by atoms with van der Waals surface area (Å²) in [6.45, 7) is 4.53. The number of hydrogen-bond donors (Lipinski definition) is 1. The lowest BCUT2D eigenvalue weighted by atomic mass is 10.2. The van der Waals surface area contributed by atoms with Gasteiger partial charge in [-0.15, -0.1) is 0 Å². The third-order valence-corrected chi connectivity index (χ3v) is 5.00. The molecular formula is C22H26FN3O6S. The number of carbonyl (C=O) groups excluding carboxylic acids is 2. The van der Waals surface area contributed by atoms with Gasteiger partial charge in [-0.3, -0.25) is 9.10 Å². The highest BCUT2D eigenvalue weighted by molar-refractivity contribution is 7.92. The van der Waals surface area contributed by atoms with Crippen LogP contribution in [0.2, 0.25) is 0 Å². The Morgan fingerprint density at radius 2 is 1.70 bits per heavy atom. The highest BCUT2D eigenvalue weighted by atomic mass is 32.2. The average molecular weight is 480 g/mol. The minimum atomic E-state index is -3.78. The van der Waals surface area contributed by atoms with Gasteiger partial charge in [0.05, 0.1) is 18.2 Å². The van der Waals surface area contributed by atoms with Gasteiger partial charge in [0, 0.05) is 0 Å². The van der Waals surface area contributed by atoms with E-state index >= 15 is 0 Å². The number of nitrogens with zero attached hydrogens (tertiary/aromatic N) is 2. The van der Waals surface area contributed by atoms with Crippen molar-refractivity contribution in [3.05, 3.63) is 59.9 Å². The fraction of sp³-hybridized carbons (Fsp3) is 0.318. The molecule has 0 spiro atoms. The van der Waals surface area contributed by atoms with Gasteiger partial charge in [-0.1, -0.05) is 0 Å². The Kier molecular flexibility index (Phi) is 8.52. The second-order valence-electron chi connectivity index (χ2n) is 7.98. The van der Waals surface area contributed by atoms with Gasteiger partial charge in [-0.25, -0.2) is 23.0 Å². The van der Waals surface area contributed by atoms with Gasteiger partial charge in [0.2, 0.25) is 10.0 Å². The van der Waals surface area contributed by atoms with E-state index in [1.165, 1.54) is 18.3 Å². The zero-order valence-electron chi connectivity index (χ0n) is 18.7. The molecule has 0 heterocycles. The normalized spacial score (nSPS) is 11.8. The molecule has 0 aliphatic heterocycles. The zero-order chi connectivity index (χ0) is 24.6. The van der Waals surface area contributed by atoms with E-state index in [1.54, 1.807) is 45.0 Å². The molecule has 0 bridgehead atoms. The maximum absolute atomic E-state index is 13.1. The van der Waals surface area contributed by atoms with Crippen LogP contribution in [0, 0.1) is 5.82 Å². The maximum Gasteiger partial charge on any atom is 0.344 e. The quantitative estimate of drug-likeness (QED) is 0.336. The summed E-state index contributed by atoms with van der Waals surface area (Å²) in [5, 5.41) is 3.81. The molecule has 33 heavy (non-hydrogen) atoms. The molecule has 0 aliphatic rings. The molecule has 0 atom stereocenters. The number of carbonyl (C=O) groups is 2. The van der Waals surface area contributed by atoms with Crippen LogP contribution >= 0.6 is 0 Å². The largest absolute Gasteiger partial charge is 0.482 e. The SMILES string of the molecule is CC(C)(C)OC(=O)COc1ccc(/C=N\NC(=O)CN(c2ccc(F)cc2)S(C)(=O)=O)cc1. The summed E-state index contributed by atoms with van der Waals surface area (Å²) in [6, 6.07) is 11.3. The molecular weight excluding hydrogens is 453 g/mol. The summed E-state index contributed by atoms with van der Waals surface area (Å²) in [7, 11) is -3.78. The van der Waals surface area contributed by atoms with Crippen molar-refractivity contribution in [1.82, 2.24) is 5.43 Å². The van der Waals surface area contributed by atoms with Crippen LogP contribution in [0.1, 0.15) is 26.3 Å². The Bertz CT molecular complexity index is 1090. The van der Waals surface area contributed by atoms with Crippen LogP contribution in [0.5, 0.6) is 5.75 Å². The molecule has 0 aromatic heterocycles. The van der Waals surface area contributed by atoms with Gasteiger partial charge in [0.15, 0.2) is 6.61 Å². The summed E-state index contributed by atoms with van der Waals surface area (Å²) in [6.07, 6.45) is 2.30. The highest BCUT2D eigenvalue weighted by Gasteiger charge is 2.20. The molecule has 1 N–H and O–H groups in total. The van der Waals surface area contributed by atoms with Crippen LogP contribution < -0.4 is 14.5 Å². The monoisotopic (exact) mass is 479 g/mol. The Morgan fingerprint density at radius 3 is 2.24 bits per heavy atom. The Labute approximate surface area is 192 Å². The lowest BCUT2D eigenvalue weighted by molar-refractivity contribution is -0.157. The second kappa shape index (κ2) is 10.9. The van der Waals surface area contributed by atoms with Crippen LogP contribution in [0.15, 0.2) is 53.6 Å². The first-order valence-corrected chi connectivity index (χ1v) is 11.7. The van der Waals surface area contributed by atoms with E-state index in [-0.39, 0.29) is 12.3 Å². The topological polar surface area (TPSA) is 114 Å². The van der Waals surface area contributed by atoms with E-state index < -0.39 is 39.9 Å². The number of anilines is 1. The fourth-order valence-electron chi connectivity index (χ4n) is 2.52. The van der Waals surface area contributed by atoms with Gasteiger partial charge >= 0.3 is 5.97 Å². The summed E-state index contributed by atoms with van der Waals surface area (Å²) < 4.78 is 48.5. The van der Waals surface area contributed by atoms with Crippen LogP contribution in [-0.4, -0.2) is 51.5 Å². The van der Waals surface area contributed by atoms with E-state index in [9.17, 15) is 22.4 Å². The molecule has 178 valence electrons. The molecule has 2 rings (SSSR count). The van der Waals surface area contributed by atoms with Crippen LogP contribution in [0.25, 0.3) is 0 Å². The summed E-state index contributed by atoms with van der Waals surface area (Å²) >= 11 is 0. The molecule has 0 fully saturated rings. The molecule has 0 aliphatic carbocycles. The zero-order valence-corrected chi connectivity index (χ0v) is 19.6. The van der Waals surface area contributed by atoms with Gasteiger partial charge in [0.1, 0.15) is 23.7 Å². The van der Waals surface area contributed by atoms with Crippen LogP contribution in [0.3, 0.4) is 0 Å². The van der Waals surface area contributed by atoms with E-state index in [1.807, 2.05) is 0 Å². The third kappa shape index (κ3) is 9.27. The molecule has 0 saturated heterocycles. The van der Waals surface area contributed by atoms with Gasteiger partial charge in [-0.2, -0.15) is 5.10 Å². The second-order valence-corrected chi connectivity index (χ2v) is 9.89. The summed E-state index contributed by atoms with van der Waals surface area (Å²) in [5.74, 6) is -1.24. The van der Waals surface area contributed by atoms with Crippen molar-refractivity contribution in [3.63, 3.8) is 0 Å². The van der Waals surface area contributed by atoms with Crippen molar-refractivity contribution in [2.75, 3.05) is 23.7 Å². The van der Waals surface area contributed by atoms with Gasteiger partial charge < -0.3 is 9.47 Å². The highest BCUT2D eigenvalue weighted by Crippen LogP contribution is 2.17. The summed E-state index contributed by atoms with van der Waals surface area (Å²) in [5.41, 5.74) is 2.43. The standard InChI is InChI=1S/C22H26FN3O6S/c1-22(2,3)32-21(28)15-31-19-11-5-16(6-12-19)13-24-25-20(27)14-26(33(4,29)30)18-9-7-17(23)8-10-18/h5-13H,14-15H2,1-4H3,(H,25,27)/b24-13-. The number of amides is 1. The van der Waals surface area contributed by atoms with E-state index in [4.69, 9.17) is 9.47 Å². The third-order valence-electron chi connectivity index (χ3n) is 3.86. The Hall–Kier alpha value is -3.47. The first kappa shape index (κ1) is 25.8. The first-order valence-electron chi connectivity index (χ1n) is 9.83. The number of halogens is 1. The average Bonchev–Trinajstić information content (AvgIpc) is 2.70. The Balaban J connectivity index is 1.90. The van der Waals surface area contributed by atoms with E-state index in [0.29, 0.717) is 11.3 Å². The lowest BCUT2D eigenvalue weighted by Gasteiger charge is -2.21. The van der Waals surface area contributed by atoms with Crippen LogP contribution in [0.4, 0.5) is 10.1 Å². The molecule has 9 nitrogen and oxygen atoms in total. The van der Waals surface area contributed by atoms with Crippen molar-refractivity contribution < 1.29 is 31.9 Å². The number of ether oxygens (including phenoxy) is 2. The molecule has 2 aromatic carbocycles. The number of benzene rings is 2. The number of hydrazone groups is 1. The minimum Gasteiger partial charge on any atom is -0.482 e. The van der Waals surface area contributed by atoms with E-state index in [0.717, 1.165) is 22.7 Å². The smallest absolute Gasteiger partial charge is 0.344 e. The molecule has 1 amide bonds. The number of sulfonamides is 1. The van der Waals surface area contributed by atoms with Crippen molar-refractivity contribution in [3.8, 4) is 5.75 Å². The van der Waals surface area contributed by atoms with Crippen LogP contribution in [-0.2, 0) is 24.3 Å². The van der Waals surface area contributed by atoms with Gasteiger partial charge in [-0.05, 0) is 74.9 Å².